The number of amides is 2. The van der Waals surface area contributed by atoms with E-state index in [1.807, 2.05) is 26.8 Å². The molecule has 7 nitrogen and oxygen atoms in total. The van der Waals surface area contributed by atoms with Crippen LogP contribution in [0, 0.1) is 6.92 Å². The lowest BCUT2D eigenvalue weighted by Gasteiger charge is -2.33. The van der Waals surface area contributed by atoms with Crippen LogP contribution in [0.5, 0.6) is 0 Å². The van der Waals surface area contributed by atoms with Crippen LogP contribution in [-0.2, 0) is 26.2 Å². The molecule has 2 aromatic rings. The number of carbonyl (C=O) groups is 2. The lowest BCUT2D eigenvalue weighted by molar-refractivity contribution is -0.140. The van der Waals surface area contributed by atoms with Crippen molar-refractivity contribution in [2.24, 2.45) is 0 Å². The topological polar surface area (TPSA) is 86.8 Å². The van der Waals surface area contributed by atoms with E-state index in [-0.39, 0.29) is 12.5 Å². The van der Waals surface area contributed by atoms with Gasteiger partial charge in [-0.15, -0.1) is 0 Å². The molecule has 2 aromatic carbocycles. The molecule has 10 heteroatoms. The Morgan fingerprint density at radius 1 is 1.09 bits per heavy atom. The minimum atomic E-state index is -3.78. The Bertz CT molecular complexity index is 1140. The molecule has 2 amide bonds. The van der Waals surface area contributed by atoms with Crippen molar-refractivity contribution >= 4 is 50.7 Å². The number of unbranched alkanes of at least 4 members (excludes halogenated alkanes) is 1. The Hall–Kier alpha value is -2.29. The van der Waals surface area contributed by atoms with Crippen molar-refractivity contribution in [3.63, 3.8) is 0 Å². The average molecular weight is 543 g/mol. The molecule has 0 radical (unpaired) electrons. The summed E-state index contributed by atoms with van der Waals surface area (Å²) in [5, 5.41) is 3.69. The monoisotopic (exact) mass is 541 g/mol. The number of benzene rings is 2. The Morgan fingerprint density at radius 3 is 2.37 bits per heavy atom. The fraction of sp³-hybridized carbons (Fsp3) is 0.440. The second kappa shape index (κ2) is 13.1. The normalized spacial score (nSPS) is 12.2. The second-order valence-electron chi connectivity index (χ2n) is 8.43. The maximum Gasteiger partial charge on any atom is 0.244 e. The predicted octanol–water partition coefficient (Wildman–Crippen LogP) is 4.79. The summed E-state index contributed by atoms with van der Waals surface area (Å²) in [5.74, 6) is -0.804. The molecule has 0 saturated heterocycles. The van der Waals surface area contributed by atoms with E-state index < -0.39 is 28.5 Å². The van der Waals surface area contributed by atoms with Gasteiger partial charge in [0.25, 0.3) is 0 Å². The highest BCUT2D eigenvalue weighted by Crippen LogP contribution is 2.25. The summed E-state index contributed by atoms with van der Waals surface area (Å²) < 4.78 is 26.3. The van der Waals surface area contributed by atoms with E-state index in [1.165, 1.54) is 4.90 Å². The number of rotatable bonds is 12. The summed E-state index contributed by atoms with van der Waals surface area (Å²) in [4.78, 5) is 28.1. The van der Waals surface area contributed by atoms with E-state index in [2.05, 4.69) is 5.32 Å². The van der Waals surface area contributed by atoms with Gasteiger partial charge in [0.15, 0.2) is 0 Å². The van der Waals surface area contributed by atoms with Crippen LogP contribution in [0.1, 0.15) is 44.2 Å². The van der Waals surface area contributed by atoms with Crippen LogP contribution in [0.4, 0.5) is 5.69 Å². The maximum atomic E-state index is 13.6. The third-order valence-electron chi connectivity index (χ3n) is 5.54. The Kier molecular flexibility index (Phi) is 10.9. The number of hydrogen-bond acceptors (Lipinski definition) is 4. The van der Waals surface area contributed by atoms with Crippen molar-refractivity contribution in [1.29, 1.82) is 0 Å². The molecular weight excluding hydrogens is 509 g/mol. The highest BCUT2D eigenvalue weighted by molar-refractivity contribution is 7.92. The molecule has 0 spiro atoms. The molecule has 0 bridgehead atoms. The summed E-state index contributed by atoms with van der Waals surface area (Å²) in [7, 11) is -3.78. The van der Waals surface area contributed by atoms with Gasteiger partial charge in [0.1, 0.15) is 12.6 Å². The van der Waals surface area contributed by atoms with Gasteiger partial charge in [-0.1, -0.05) is 61.7 Å². The average Bonchev–Trinajstić information content (AvgIpc) is 2.78. The summed E-state index contributed by atoms with van der Waals surface area (Å²) in [6.45, 7) is 5.74. The molecule has 192 valence electrons. The molecule has 2 rings (SSSR count). The van der Waals surface area contributed by atoms with Crippen LogP contribution in [0.25, 0.3) is 0 Å². The first-order valence-corrected chi connectivity index (χ1v) is 14.1. The van der Waals surface area contributed by atoms with Crippen LogP contribution in [0.2, 0.25) is 10.0 Å². The summed E-state index contributed by atoms with van der Waals surface area (Å²) in [6, 6.07) is 11.0. The minimum absolute atomic E-state index is 0.0277. The van der Waals surface area contributed by atoms with Gasteiger partial charge in [-0.3, -0.25) is 13.9 Å². The molecule has 0 fully saturated rings. The third kappa shape index (κ3) is 8.40. The lowest BCUT2D eigenvalue weighted by atomic mass is 10.1. The zero-order valence-corrected chi connectivity index (χ0v) is 22.9. The molecule has 0 aliphatic carbocycles. The first kappa shape index (κ1) is 28.9. The first-order valence-electron chi connectivity index (χ1n) is 11.5. The number of aryl methyl sites for hydroxylation is 1. The molecule has 0 aromatic heterocycles. The molecule has 0 aliphatic heterocycles. The fourth-order valence-electron chi connectivity index (χ4n) is 3.66. The number of halogens is 2. The molecule has 0 saturated carbocycles. The number of nitrogens with one attached hydrogen (secondary N) is 1. The Labute approximate surface area is 218 Å². The molecule has 0 heterocycles. The van der Waals surface area contributed by atoms with Crippen LogP contribution in [-0.4, -0.2) is 50.5 Å². The van der Waals surface area contributed by atoms with Crippen molar-refractivity contribution in [2.45, 2.75) is 52.6 Å². The molecule has 35 heavy (non-hydrogen) atoms. The van der Waals surface area contributed by atoms with E-state index in [9.17, 15) is 18.0 Å². The standard InChI is InChI=1S/C25H33Cl2N3O4S/c1-5-7-13-28-25(32)23(6-2)29(16-19-11-12-20(26)15-22(19)27)24(31)17-30(35(4,33)34)21-10-8-9-18(3)14-21/h8-12,14-15,23H,5-7,13,16-17H2,1-4H3,(H,28,32). The minimum Gasteiger partial charge on any atom is -0.354 e. The van der Waals surface area contributed by atoms with Crippen molar-refractivity contribution in [1.82, 2.24) is 10.2 Å². The third-order valence-corrected chi connectivity index (χ3v) is 7.27. The van der Waals surface area contributed by atoms with Crippen molar-refractivity contribution in [3.05, 3.63) is 63.6 Å². The van der Waals surface area contributed by atoms with Gasteiger partial charge in [-0.2, -0.15) is 0 Å². The van der Waals surface area contributed by atoms with Crippen molar-refractivity contribution < 1.29 is 18.0 Å². The molecule has 1 atom stereocenters. The smallest absolute Gasteiger partial charge is 0.244 e. The number of carbonyl (C=O) groups excluding carboxylic acids is 2. The number of sulfonamides is 1. The number of hydrogen-bond donors (Lipinski definition) is 1. The van der Waals surface area contributed by atoms with Crippen LogP contribution in [0.15, 0.2) is 42.5 Å². The van der Waals surface area contributed by atoms with Crippen molar-refractivity contribution in [2.75, 3.05) is 23.7 Å². The van der Waals surface area contributed by atoms with E-state index in [1.54, 1.807) is 36.4 Å². The predicted molar refractivity (Wildman–Crippen MR) is 142 cm³/mol. The lowest BCUT2D eigenvalue weighted by Crippen LogP contribution is -2.52. The maximum absolute atomic E-state index is 13.6. The van der Waals surface area contributed by atoms with Gasteiger partial charge in [0, 0.05) is 23.1 Å². The fourth-order valence-corrected chi connectivity index (χ4v) is 4.97. The molecular formula is C25H33Cl2N3O4S. The zero-order valence-electron chi connectivity index (χ0n) is 20.6. The number of anilines is 1. The Morgan fingerprint density at radius 2 is 1.80 bits per heavy atom. The van der Waals surface area contributed by atoms with E-state index in [0.29, 0.717) is 34.3 Å². The van der Waals surface area contributed by atoms with Crippen LogP contribution < -0.4 is 9.62 Å². The summed E-state index contributed by atoms with van der Waals surface area (Å²) in [5.41, 5.74) is 1.84. The summed E-state index contributed by atoms with van der Waals surface area (Å²) >= 11 is 12.4. The van der Waals surface area contributed by atoms with E-state index in [4.69, 9.17) is 23.2 Å². The molecule has 1 N–H and O–H groups in total. The number of nitrogens with zero attached hydrogens (tertiary/aromatic N) is 2. The summed E-state index contributed by atoms with van der Waals surface area (Å²) in [6.07, 6.45) is 3.13. The van der Waals surface area contributed by atoms with E-state index in [0.717, 1.165) is 29.0 Å². The van der Waals surface area contributed by atoms with Gasteiger partial charge in [0.05, 0.1) is 11.9 Å². The highest BCUT2D eigenvalue weighted by atomic mass is 35.5. The molecule has 0 aliphatic rings. The largest absolute Gasteiger partial charge is 0.354 e. The first-order chi connectivity index (χ1) is 16.5. The van der Waals surface area contributed by atoms with Crippen LogP contribution >= 0.6 is 23.2 Å². The quantitative estimate of drug-likeness (QED) is 0.391. The molecule has 1 unspecified atom stereocenters. The Balaban J connectivity index is 2.44. The highest BCUT2D eigenvalue weighted by Gasteiger charge is 2.32. The van der Waals surface area contributed by atoms with Crippen LogP contribution in [0.3, 0.4) is 0 Å². The second-order valence-corrected chi connectivity index (χ2v) is 11.2. The van der Waals surface area contributed by atoms with Crippen molar-refractivity contribution in [3.8, 4) is 0 Å². The van der Waals surface area contributed by atoms with Gasteiger partial charge in [0.2, 0.25) is 21.8 Å². The van der Waals surface area contributed by atoms with Gasteiger partial charge in [-0.05, 0) is 55.2 Å². The van der Waals surface area contributed by atoms with E-state index >= 15 is 0 Å². The van der Waals surface area contributed by atoms with Gasteiger partial charge in [-0.25, -0.2) is 8.42 Å². The van der Waals surface area contributed by atoms with Gasteiger partial charge < -0.3 is 10.2 Å². The SMILES string of the molecule is CCCCNC(=O)C(CC)N(Cc1ccc(Cl)cc1Cl)C(=O)CN(c1cccc(C)c1)S(C)(=O)=O. The van der Waals surface area contributed by atoms with Gasteiger partial charge >= 0.3 is 0 Å². The zero-order chi connectivity index (χ0) is 26.2.